The molecule has 1 aromatic heterocycles. The molecule has 2 aromatic rings. The highest BCUT2D eigenvalue weighted by atomic mass is 16.5. The van der Waals surface area contributed by atoms with Crippen molar-refractivity contribution in [1.82, 2.24) is 10.5 Å². The number of hydrogen-bond donors (Lipinski definition) is 2. The molecule has 0 unspecified atom stereocenters. The fourth-order valence-electron chi connectivity index (χ4n) is 1.61. The number of rotatable bonds is 5. The Balaban J connectivity index is 2.01. The molecule has 5 nitrogen and oxygen atoms in total. The van der Waals surface area contributed by atoms with Crippen LogP contribution < -0.4 is 11.1 Å². The van der Waals surface area contributed by atoms with E-state index in [1.54, 1.807) is 0 Å². The predicted octanol–water partition coefficient (Wildman–Crippen LogP) is 0.835. The highest BCUT2D eigenvalue weighted by Gasteiger charge is 2.11. The van der Waals surface area contributed by atoms with Crippen molar-refractivity contribution in [2.45, 2.75) is 12.8 Å². The van der Waals surface area contributed by atoms with Crippen LogP contribution in [-0.4, -0.2) is 24.2 Å². The molecule has 3 N–H and O–H groups in total. The Bertz CT molecular complexity index is 507. The molecule has 0 aliphatic rings. The third kappa shape index (κ3) is 2.82. The van der Waals surface area contributed by atoms with Gasteiger partial charge in [-0.3, -0.25) is 4.79 Å². The molecule has 90 valence electrons. The van der Waals surface area contributed by atoms with Gasteiger partial charge >= 0.3 is 0 Å². The van der Waals surface area contributed by atoms with Crippen LogP contribution in [-0.2, 0) is 11.2 Å². The van der Waals surface area contributed by atoms with E-state index in [0.717, 1.165) is 11.8 Å². The summed E-state index contributed by atoms with van der Waals surface area (Å²) < 4.78 is 5.13. The summed E-state index contributed by atoms with van der Waals surface area (Å²) in [7, 11) is 0. The predicted molar refractivity (Wildman–Crippen MR) is 64.4 cm³/mol. The summed E-state index contributed by atoms with van der Waals surface area (Å²) in [5.74, 6) is -0.0579. The fraction of sp³-hybridized carbons (Fsp3) is 0.333. The van der Waals surface area contributed by atoms with Crippen LogP contribution in [0.25, 0.3) is 11.0 Å². The minimum atomic E-state index is -0.0579. The Morgan fingerprint density at radius 3 is 3.06 bits per heavy atom. The van der Waals surface area contributed by atoms with Crippen molar-refractivity contribution < 1.29 is 9.32 Å². The lowest BCUT2D eigenvalue weighted by Crippen LogP contribution is -2.27. The van der Waals surface area contributed by atoms with Crippen LogP contribution in [0, 0.1) is 0 Å². The Labute approximate surface area is 99.0 Å². The van der Waals surface area contributed by atoms with Crippen molar-refractivity contribution >= 4 is 16.9 Å². The maximum Gasteiger partial charge on any atom is 0.226 e. The van der Waals surface area contributed by atoms with Crippen LogP contribution in [0.1, 0.15) is 12.1 Å². The van der Waals surface area contributed by atoms with E-state index in [0.29, 0.717) is 24.4 Å². The average molecular weight is 233 g/mol. The lowest BCUT2D eigenvalue weighted by molar-refractivity contribution is -0.120. The van der Waals surface area contributed by atoms with E-state index < -0.39 is 0 Å². The standard InChI is InChI=1S/C12H15N3O2/c13-6-3-7-14-12(16)8-10-9-4-1-2-5-11(9)17-15-10/h1-2,4-5H,3,6-8,13H2,(H,14,16). The van der Waals surface area contributed by atoms with Crippen molar-refractivity contribution in [2.75, 3.05) is 13.1 Å². The molecule has 0 radical (unpaired) electrons. The number of amides is 1. The van der Waals surface area contributed by atoms with Gasteiger partial charge in [-0.15, -0.1) is 0 Å². The summed E-state index contributed by atoms with van der Waals surface area (Å²) in [6, 6.07) is 7.50. The average Bonchev–Trinajstić information content (AvgIpc) is 2.73. The maximum absolute atomic E-state index is 11.6. The van der Waals surface area contributed by atoms with Gasteiger partial charge in [0.1, 0.15) is 5.69 Å². The number of hydrogen-bond acceptors (Lipinski definition) is 4. The van der Waals surface area contributed by atoms with Gasteiger partial charge in [-0.05, 0) is 25.1 Å². The second-order valence-corrected chi connectivity index (χ2v) is 3.79. The first-order valence-corrected chi connectivity index (χ1v) is 5.61. The second-order valence-electron chi connectivity index (χ2n) is 3.79. The van der Waals surface area contributed by atoms with E-state index in [2.05, 4.69) is 10.5 Å². The van der Waals surface area contributed by atoms with Gasteiger partial charge in [0.25, 0.3) is 0 Å². The normalized spacial score (nSPS) is 10.6. The molecule has 0 bridgehead atoms. The van der Waals surface area contributed by atoms with Gasteiger partial charge in [-0.25, -0.2) is 0 Å². The quantitative estimate of drug-likeness (QED) is 0.750. The van der Waals surface area contributed by atoms with Crippen LogP contribution in [0.15, 0.2) is 28.8 Å². The molecule has 1 heterocycles. The van der Waals surface area contributed by atoms with Crippen molar-refractivity contribution in [3.05, 3.63) is 30.0 Å². The topological polar surface area (TPSA) is 81.1 Å². The number of carbonyl (C=O) groups excluding carboxylic acids is 1. The number of nitrogens with one attached hydrogen (secondary N) is 1. The van der Waals surface area contributed by atoms with E-state index >= 15 is 0 Å². The summed E-state index contributed by atoms with van der Waals surface area (Å²) in [5, 5.41) is 7.58. The summed E-state index contributed by atoms with van der Waals surface area (Å²) in [5.41, 5.74) is 6.72. The van der Waals surface area contributed by atoms with Gasteiger partial charge in [-0.1, -0.05) is 17.3 Å². The molecule has 1 aromatic carbocycles. The lowest BCUT2D eigenvalue weighted by atomic mass is 10.1. The largest absolute Gasteiger partial charge is 0.356 e. The highest BCUT2D eigenvalue weighted by Crippen LogP contribution is 2.17. The van der Waals surface area contributed by atoms with E-state index in [9.17, 15) is 4.79 Å². The first-order chi connectivity index (χ1) is 8.31. The number of para-hydroxylation sites is 1. The summed E-state index contributed by atoms with van der Waals surface area (Å²) in [6.45, 7) is 1.18. The molecule has 5 heteroatoms. The molecular formula is C12H15N3O2. The number of aromatic nitrogens is 1. The van der Waals surface area contributed by atoms with E-state index in [1.165, 1.54) is 0 Å². The first kappa shape index (κ1) is 11.6. The molecule has 0 spiro atoms. The van der Waals surface area contributed by atoms with Crippen LogP contribution >= 0.6 is 0 Å². The molecule has 0 saturated carbocycles. The van der Waals surface area contributed by atoms with E-state index in [1.807, 2.05) is 24.3 Å². The Morgan fingerprint density at radius 1 is 1.41 bits per heavy atom. The second kappa shape index (κ2) is 5.45. The first-order valence-electron chi connectivity index (χ1n) is 5.61. The molecular weight excluding hydrogens is 218 g/mol. The van der Waals surface area contributed by atoms with E-state index in [4.69, 9.17) is 10.3 Å². The van der Waals surface area contributed by atoms with Gasteiger partial charge in [0.05, 0.1) is 6.42 Å². The minimum absolute atomic E-state index is 0.0579. The smallest absolute Gasteiger partial charge is 0.226 e. The molecule has 0 fully saturated rings. The zero-order chi connectivity index (χ0) is 12.1. The van der Waals surface area contributed by atoms with Crippen molar-refractivity contribution in [1.29, 1.82) is 0 Å². The highest BCUT2D eigenvalue weighted by molar-refractivity contribution is 5.86. The van der Waals surface area contributed by atoms with Gasteiger partial charge in [0, 0.05) is 11.9 Å². The molecule has 1 amide bonds. The van der Waals surface area contributed by atoms with Crippen molar-refractivity contribution in [3.63, 3.8) is 0 Å². The van der Waals surface area contributed by atoms with Crippen molar-refractivity contribution in [3.8, 4) is 0 Å². The van der Waals surface area contributed by atoms with Crippen molar-refractivity contribution in [2.24, 2.45) is 5.73 Å². The molecule has 0 aliphatic heterocycles. The minimum Gasteiger partial charge on any atom is -0.356 e. The monoisotopic (exact) mass is 233 g/mol. The van der Waals surface area contributed by atoms with Gasteiger partial charge < -0.3 is 15.6 Å². The van der Waals surface area contributed by atoms with Crippen LogP contribution in [0.4, 0.5) is 0 Å². The van der Waals surface area contributed by atoms with Crippen LogP contribution in [0.3, 0.4) is 0 Å². The Kier molecular flexibility index (Phi) is 3.72. The SMILES string of the molecule is NCCCNC(=O)Cc1noc2ccccc12. The molecule has 0 saturated heterocycles. The third-order valence-corrected chi connectivity index (χ3v) is 2.48. The maximum atomic E-state index is 11.6. The number of fused-ring (bicyclic) bond motifs is 1. The van der Waals surface area contributed by atoms with Crippen LogP contribution in [0.2, 0.25) is 0 Å². The summed E-state index contributed by atoms with van der Waals surface area (Å²) in [6.07, 6.45) is 1.02. The van der Waals surface area contributed by atoms with E-state index in [-0.39, 0.29) is 12.3 Å². The summed E-state index contributed by atoms with van der Waals surface area (Å²) in [4.78, 5) is 11.6. The number of carbonyl (C=O) groups is 1. The third-order valence-electron chi connectivity index (χ3n) is 2.48. The molecule has 17 heavy (non-hydrogen) atoms. The zero-order valence-corrected chi connectivity index (χ0v) is 9.48. The number of benzene rings is 1. The Morgan fingerprint density at radius 2 is 2.24 bits per heavy atom. The number of nitrogens with zero attached hydrogens (tertiary/aromatic N) is 1. The van der Waals surface area contributed by atoms with Gasteiger partial charge in [0.15, 0.2) is 5.58 Å². The number of nitrogens with two attached hydrogens (primary N) is 1. The zero-order valence-electron chi connectivity index (χ0n) is 9.48. The van der Waals surface area contributed by atoms with Gasteiger partial charge in [0.2, 0.25) is 5.91 Å². The molecule has 2 rings (SSSR count). The fourth-order valence-corrected chi connectivity index (χ4v) is 1.61. The molecule has 0 atom stereocenters. The summed E-state index contributed by atoms with van der Waals surface area (Å²) >= 11 is 0. The molecule has 0 aliphatic carbocycles. The lowest BCUT2D eigenvalue weighted by Gasteiger charge is -2.01. The Hall–Kier alpha value is -1.88. The van der Waals surface area contributed by atoms with Crippen LogP contribution in [0.5, 0.6) is 0 Å². The van der Waals surface area contributed by atoms with Gasteiger partial charge in [-0.2, -0.15) is 0 Å².